The van der Waals surface area contributed by atoms with E-state index in [1.807, 2.05) is 21.1 Å². The van der Waals surface area contributed by atoms with Gasteiger partial charge in [-0.15, -0.1) is 0 Å². The smallest absolute Gasteiger partial charge is 0.306 e. The van der Waals surface area contributed by atoms with E-state index in [0.717, 1.165) is 0 Å². The van der Waals surface area contributed by atoms with Gasteiger partial charge in [0.05, 0.1) is 21.1 Å². The van der Waals surface area contributed by atoms with Crippen LogP contribution in [0.4, 0.5) is 0 Å². The fourth-order valence-corrected chi connectivity index (χ4v) is 1.73. The minimum Gasteiger partial charge on any atom is -0.550 e. The summed E-state index contributed by atoms with van der Waals surface area (Å²) >= 11 is 0. The van der Waals surface area contributed by atoms with Crippen LogP contribution >= 0.6 is 0 Å². The van der Waals surface area contributed by atoms with Crippen LogP contribution in [0.1, 0.15) is 32.1 Å². The minimum absolute atomic E-state index is 0.00857. The van der Waals surface area contributed by atoms with Crippen LogP contribution in [0, 0.1) is 0 Å². The lowest BCUT2D eigenvalue weighted by Gasteiger charge is -2.29. The van der Waals surface area contributed by atoms with Crippen molar-refractivity contribution < 1.29 is 33.8 Å². The number of esters is 1. The first-order valence-electron chi connectivity index (χ1n) is 6.51. The Balaban J connectivity index is 4.18. The van der Waals surface area contributed by atoms with Crippen LogP contribution in [0.25, 0.3) is 0 Å². The molecule has 0 rings (SSSR count). The minimum atomic E-state index is -1.26. The molecule has 0 heterocycles. The van der Waals surface area contributed by atoms with Crippen molar-refractivity contribution in [2.45, 2.75) is 38.2 Å². The number of carboxylic acids is 2. The van der Waals surface area contributed by atoms with Crippen LogP contribution in [-0.4, -0.2) is 61.3 Å². The average molecular weight is 289 g/mol. The van der Waals surface area contributed by atoms with E-state index >= 15 is 0 Å². The topological polar surface area (TPSA) is 104 Å². The van der Waals surface area contributed by atoms with Gasteiger partial charge in [-0.3, -0.25) is 9.59 Å². The van der Waals surface area contributed by atoms with E-state index in [1.165, 1.54) is 0 Å². The molecule has 0 amide bonds. The van der Waals surface area contributed by atoms with Gasteiger partial charge in [0.1, 0.15) is 6.54 Å². The maximum absolute atomic E-state index is 11.6. The van der Waals surface area contributed by atoms with E-state index in [2.05, 4.69) is 0 Å². The second-order valence-corrected chi connectivity index (χ2v) is 5.76. The summed E-state index contributed by atoms with van der Waals surface area (Å²) in [5, 5.41) is 19.1. The number of quaternary nitrogens is 1. The number of carbonyl (C=O) groups excluding carboxylic acids is 2. The van der Waals surface area contributed by atoms with Gasteiger partial charge in [0, 0.05) is 25.2 Å². The SMILES string of the molecule is C[N+](C)(C)C[C@@H](CC(=O)[O-])OC(=O)CCCCC(=O)O. The first kappa shape index (κ1) is 18.4. The lowest BCUT2D eigenvalue weighted by molar-refractivity contribution is -0.873. The molecule has 0 saturated heterocycles. The molecule has 1 atom stereocenters. The van der Waals surface area contributed by atoms with Crippen molar-refractivity contribution in [1.29, 1.82) is 0 Å². The molecule has 0 aliphatic rings. The third-order valence-electron chi connectivity index (χ3n) is 2.47. The monoisotopic (exact) mass is 289 g/mol. The summed E-state index contributed by atoms with van der Waals surface area (Å²) < 4.78 is 5.58. The Morgan fingerprint density at radius 3 is 2.15 bits per heavy atom. The largest absolute Gasteiger partial charge is 0.550 e. The quantitative estimate of drug-likeness (QED) is 0.327. The van der Waals surface area contributed by atoms with Gasteiger partial charge < -0.3 is 24.2 Å². The first-order valence-corrected chi connectivity index (χ1v) is 6.51. The number of unbranched alkanes of at least 4 members (excludes halogenated alkanes) is 1. The second-order valence-electron chi connectivity index (χ2n) is 5.76. The van der Waals surface area contributed by atoms with Crippen molar-refractivity contribution in [3.8, 4) is 0 Å². The molecule has 20 heavy (non-hydrogen) atoms. The maximum Gasteiger partial charge on any atom is 0.306 e. The molecule has 0 fully saturated rings. The molecular formula is C13H23NO6. The molecule has 0 aliphatic carbocycles. The predicted molar refractivity (Wildman–Crippen MR) is 68.5 cm³/mol. The summed E-state index contributed by atoms with van der Waals surface area (Å²) in [5.74, 6) is -2.67. The molecule has 1 N–H and O–H groups in total. The Morgan fingerprint density at radius 1 is 1.15 bits per heavy atom. The van der Waals surface area contributed by atoms with E-state index in [4.69, 9.17) is 9.84 Å². The van der Waals surface area contributed by atoms with Crippen molar-refractivity contribution >= 4 is 17.9 Å². The number of carbonyl (C=O) groups is 3. The molecule has 116 valence electrons. The maximum atomic E-state index is 11.6. The third kappa shape index (κ3) is 11.5. The fourth-order valence-electron chi connectivity index (χ4n) is 1.73. The highest BCUT2D eigenvalue weighted by molar-refractivity contribution is 5.71. The molecule has 7 nitrogen and oxygen atoms in total. The Hall–Kier alpha value is -1.63. The fraction of sp³-hybridized carbons (Fsp3) is 0.769. The standard InChI is InChI=1S/C13H23NO6/c1-14(2,3)9-10(8-12(17)18)20-13(19)7-5-4-6-11(15)16/h10H,4-9H2,1-3H3,(H-,15,16,17,18)/t10-/m1/s1. The Morgan fingerprint density at radius 2 is 1.70 bits per heavy atom. The highest BCUT2D eigenvalue weighted by Gasteiger charge is 2.22. The zero-order chi connectivity index (χ0) is 15.8. The summed E-state index contributed by atoms with van der Waals surface area (Å²) in [7, 11) is 5.59. The lowest BCUT2D eigenvalue weighted by atomic mass is 10.2. The number of rotatable bonds is 10. The summed E-state index contributed by atoms with van der Waals surface area (Å²) in [6, 6.07) is 0. The van der Waals surface area contributed by atoms with Crippen molar-refractivity contribution in [3.05, 3.63) is 0 Å². The summed E-state index contributed by atoms with van der Waals surface area (Å²) in [4.78, 5) is 32.5. The van der Waals surface area contributed by atoms with Crippen molar-refractivity contribution in [2.75, 3.05) is 27.7 Å². The lowest BCUT2D eigenvalue weighted by Crippen LogP contribution is -2.45. The molecule has 0 aliphatic heterocycles. The highest BCUT2D eigenvalue weighted by Crippen LogP contribution is 2.08. The number of hydrogen-bond donors (Lipinski definition) is 1. The zero-order valence-corrected chi connectivity index (χ0v) is 12.3. The number of likely N-dealkylation sites (N-methyl/N-ethyl adjacent to an activating group) is 1. The van der Waals surface area contributed by atoms with Gasteiger partial charge in [-0.05, 0) is 12.8 Å². The van der Waals surface area contributed by atoms with E-state index in [-0.39, 0.29) is 19.3 Å². The summed E-state index contributed by atoms with van der Waals surface area (Å²) in [6.07, 6.45) is -0.163. The van der Waals surface area contributed by atoms with Crippen molar-refractivity contribution in [2.24, 2.45) is 0 Å². The van der Waals surface area contributed by atoms with Crippen LogP contribution < -0.4 is 5.11 Å². The number of nitrogens with zero attached hydrogens (tertiary/aromatic N) is 1. The van der Waals surface area contributed by atoms with Gasteiger partial charge in [-0.25, -0.2) is 0 Å². The Kier molecular flexibility index (Phi) is 7.83. The van der Waals surface area contributed by atoms with E-state index in [9.17, 15) is 19.5 Å². The van der Waals surface area contributed by atoms with E-state index in [1.54, 1.807) is 0 Å². The molecule has 7 heteroatoms. The van der Waals surface area contributed by atoms with Crippen LogP contribution in [0.15, 0.2) is 0 Å². The van der Waals surface area contributed by atoms with E-state index in [0.29, 0.717) is 23.9 Å². The first-order chi connectivity index (χ1) is 9.10. The van der Waals surface area contributed by atoms with Crippen molar-refractivity contribution in [1.82, 2.24) is 0 Å². The van der Waals surface area contributed by atoms with Gasteiger partial charge in [-0.1, -0.05) is 0 Å². The van der Waals surface area contributed by atoms with Gasteiger partial charge in [0.25, 0.3) is 0 Å². The highest BCUT2D eigenvalue weighted by atomic mass is 16.5. The second kappa shape index (κ2) is 8.52. The van der Waals surface area contributed by atoms with Gasteiger partial charge in [0.15, 0.2) is 6.10 Å². The number of hydrogen-bond acceptors (Lipinski definition) is 5. The molecule has 0 radical (unpaired) electrons. The summed E-state index contributed by atoms with van der Waals surface area (Å²) in [5.41, 5.74) is 0. The Labute approximate surface area is 118 Å². The van der Waals surface area contributed by atoms with Gasteiger partial charge >= 0.3 is 11.9 Å². The molecule has 0 bridgehead atoms. The third-order valence-corrected chi connectivity index (χ3v) is 2.47. The van der Waals surface area contributed by atoms with Crippen LogP contribution in [0.2, 0.25) is 0 Å². The van der Waals surface area contributed by atoms with E-state index < -0.39 is 24.0 Å². The van der Waals surface area contributed by atoms with Gasteiger partial charge in [0.2, 0.25) is 0 Å². The molecule has 0 unspecified atom stereocenters. The molecule has 0 spiro atoms. The zero-order valence-electron chi connectivity index (χ0n) is 12.3. The van der Waals surface area contributed by atoms with Crippen LogP contribution in [-0.2, 0) is 19.1 Å². The molecule has 0 aromatic carbocycles. The molecule has 0 aromatic heterocycles. The van der Waals surface area contributed by atoms with Crippen molar-refractivity contribution in [3.63, 3.8) is 0 Å². The number of ether oxygens (including phenoxy) is 1. The van der Waals surface area contributed by atoms with Gasteiger partial charge in [-0.2, -0.15) is 0 Å². The molecule has 0 aromatic rings. The number of aliphatic carboxylic acids is 2. The summed E-state index contributed by atoms with van der Waals surface area (Å²) in [6.45, 7) is 0.370. The Bertz CT molecular complexity index is 347. The number of carboxylic acid groups (broad SMARTS) is 2. The average Bonchev–Trinajstić information content (AvgIpc) is 2.20. The molecule has 0 saturated carbocycles. The predicted octanol–water partition coefficient (Wildman–Crippen LogP) is -0.611. The molecular weight excluding hydrogens is 266 g/mol. The van der Waals surface area contributed by atoms with Crippen LogP contribution in [0.3, 0.4) is 0 Å². The van der Waals surface area contributed by atoms with Crippen LogP contribution in [0.5, 0.6) is 0 Å². The normalized spacial score (nSPS) is 12.8.